The molecule has 0 fully saturated rings. The first kappa shape index (κ1) is 22.6. The highest BCUT2D eigenvalue weighted by Crippen LogP contribution is 2.32. The van der Waals surface area contributed by atoms with E-state index in [1.54, 1.807) is 0 Å². The van der Waals surface area contributed by atoms with Crippen molar-refractivity contribution in [3.05, 3.63) is 89.0 Å². The first-order chi connectivity index (χ1) is 14.1. The van der Waals surface area contributed by atoms with E-state index in [0.717, 1.165) is 35.3 Å². The van der Waals surface area contributed by atoms with Crippen molar-refractivity contribution < 1.29 is 18.5 Å². The first-order valence-corrected chi connectivity index (χ1v) is 10.8. The maximum absolute atomic E-state index is 13.5. The van der Waals surface area contributed by atoms with Crippen LogP contribution in [0.4, 0.5) is 0 Å². The Labute approximate surface area is 175 Å². The van der Waals surface area contributed by atoms with Crippen LogP contribution < -0.4 is 0 Å². The molecule has 0 heterocycles. The van der Waals surface area contributed by atoms with E-state index in [2.05, 4.69) is 11.7 Å². The molecule has 0 bridgehead atoms. The third kappa shape index (κ3) is 7.02. The molecular weight excluding hydrogens is 384 g/mol. The Hall–Kier alpha value is -2.66. The molecule has 29 heavy (non-hydrogen) atoms. The van der Waals surface area contributed by atoms with Gasteiger partial charge >= 0.3 is 5.97 Å². The number of ether oxygens (including phenoxy) is 2. The number of unbranched alkanes of at least 4 members (excludes halogenated alkanes) is 2. The summed E-state index contributed by atoms with van der Waals surface area (Å²) in [4.78, 5) is 12.8. The molecule has 0 amide bonds. The van der Waals surface area contributed by atoms with Gasteiger partial charge in [0.15, 0.2) is 6.10 Å². The summed E-state index contributed by atoms with van der Waals surface area (Å²) in [5.74, 6) is -0.506. The topological polar surface area (TPSA) is 52.6 Å². The second kappa shape index (κ2) is 12.0. The highest BCUT2D eigenvalue weighted by atomic mass is 32.2. The predicted molar refractivity (Wildman–Crippen MR) is 117 cm³/mol. The average Bonchev–Trinajstić information content (AvgIpc) is 2.75. The zero-order valence-corrected chi connectivity index (χ0v) is 18.0. The number of carbonyl (C=O) groups is 1. The van der Waals surface area contributed by atoms with Crippen LogP contribution in [0.25, 0.3) is 0 Å². The summed E-state index contributed by atoms with van der Waals surface area (Å²) >= 11 is 0. The molecule has 5 heteroatoms. The lowest BCUT2D eigenvalue weighted by molar-refractivity contribution is -0.135. The molecule has 0 N–H and O–H groups in total. The van der Waals surface area contributed by atoms with E-state index in [9.17, 15) is 9.00 Å². The molecule has 0 saturated carbocycles. The van der Waals surface area contributed by atoms with Gasteiger partial charge in [-0.3, -0.25) is 0 Å². The highest BCUT2D eigenvalue weighted by Gasteiger charge is 2.23. The van der Waals surface area contributed by atoms with Crippen LogP contribution in [0.15, 0.2) is 82.8 Å². The van der Waals surface area contributed by atoms with E-state index >= 15 is 0 Å². The van der Waals surface area contributed by atoms with E-state index in [4.69, 9.17) is 4.74 Å². The van der Waals surface area contributed by atoms with Crippen LogP contribution in [0.1, 0.15) is 43.4 Å². The molecular formula is C24H28O4S. The van der Waals surface area contributed by atoms with Crippen LogP contribution in [0.3, 0.4) is 0 Å². The third-order valence-corrected chi connectivity index (χ3v) is 5.84. The Morgan fingerprint density at radius 3 is 2.41 bits per heavy atom. The zero-order valence-electron chi connectivity index (χ0n) is 17.2. The number of hydrogen-bond donors (Lipinski definition) is 0. The van der Waals surface area contributed by atoms with Gasteiger partial charge in [-0.2, -0.15) is 0 Å². The Morgan fingerprint density at radius 2 is 1.79 bits per heavy atom. The van der Waals surface area contributed by atoms with Crippen molar-refractivity contribution in [1.29, 1.82) is 0 Å². The molecule has 1 unspecified atom stereocenters. The third-order valence-electron chi connectivity index (χ3n) is 4.33. The fourth-order valence-corrected chi connectivity index (χ4v) is 4.02. The zero-order chi connectivity index (χ0) is 21.1. The lowest BCUT2D eigenvalue weighted by Crippen LogP contribution is -2.10. The molecule has 4 nitrogen and oxygen atoms in total. The van der Waals surface area contributed by atoms with Gasteiger partial charge in [0.2, 0.25) is 0 Å². The van der Waals surface area contributed by atoms with E-state index in [0.29, 0.717) is 4.91 Å². The van der Waals surface area contributed by atoms with Gasteiger partial charge in [0.1, 0.15) is 0 Å². The summed E-state index contributed by atoms with van der Waals surface area (Å²) in [5, 5.41) is 0. The molecule has 0 aliphatic carbocycles. The predicted octanol–water partition coefficient (Wildman–Crippen LogP) is 5.62. The lowest BCUT2D eigenvalue weighted by Gasteiger charge is -2.21. The number of carbonyl (C=O) groups excluding carboxylic acids is 1. The Bertz CT molecular complexity index is 854. The molecule has 2 atom stereocenters. The summed E-state index contributed by atoms with van der Waals surface area (Å²) in [7, 11) is -0.0840. The molecule has 154 valence electrons. The molecule has 0 aliphatic heterocycles. The average molecular weight is 413 g/mol. The van der Waals surface area contributed by atoms with Crippen LogP contribution in [0.5, 0.6) is 0 Å². The van der Waals surface area contributed by atoms with Gasteiger partial charge in [-0.25, -0.2) is 9.00 Å². The van der Waals surface area contributed by atoms with Crippen molar-refractivity contribution in [2.45, 2.75) is 44.1 Å². The quantitative estimate of drug-likeness (QED) is 0.220. The standard InChI is InChI=1S/C24H28O4S/c1-4-5-7-12-22(29(26)21-15-13-19(2)14-16-21)24(20-10-8-6-9-11-20)28-18-17-23(25)27-3/h6,8-18,24H,4-5,7H2,1-3H3/b18-17+,22-12-/t24-,29?/m0/s1. The Kier molecular flexibility index (Phi) is 9.38. The summed E-state index contributed by atoms with van der Waals surface area (Å²) < 4.78 is 24.0. The van der Waals surface area contributed by atoms with Crippen LogP contribution >= 0.6 is 0 Å². The summed E-state index contributed by atoms with van der Waals surface area (Å²) in [5.41, 5.74) is 1.98. The molecule has 2 rings (SSSR count). The molecule has 2 aromatic carbocycles. The maximum Gasteiger partial charge on any atom is 0.333 e. The van der Waals surface area contributed by atoms with Gasteiger partial charge in [0.05, 0.1) is 35.2 Å². The van der Waals surface area contributed by atoms with E-state index in [1.807, 2.05) is 67.6 Å². The Morgan fingerprint density at radius 1 is 1.10 bits per heavy atom. The molecule has 0 aromatic heterocycles. The lowest BCUT2D eigenvalue weighted by atomic mass is 10.1. The number of methoxy groups -OCH3 is 1. The van der Waals surface area contributed by atoms with Crippen LogP contribution in [-0.4, -0.2) is 17.3 Å². The SMILES string of the molecule is CCCC/C=C(/[C@@H](O/C=C/C(=O)OC)c1ccccc1)S(=O)c1ccc(C)cc1. The van der Waals surface area contributed by atoms with E-state index in [1.165, 1.54) is 19.4 Å². The van der Waals surface area contributed by atoms with Gasteiger partial charge in [-0.15, -0.1) is 0 Å². The van der Waals surface area contributed by atoms with Crippen molar-refractivity contribution in [3.8, 4) is 0 Å². The molecule has 0 saturated heterocycles. The fraction of sp³-hybridized carbons (Fsp3) is 0.292. The second-order valence-corrected chi connectivity index (χ2v) is 8.06. The number of esters is 1. The van der Waals surface area contributed by atoms with E-state index in [-0.39, 0.29) is 0 Å². The van der Waals surface area contributed by atoms with Crippen molar-refractivity contribution in [3.63, 3.8) is 0 Å². The number of hydrogen-bond acceptors (Lipinski definition) is 4. The number of benzene rings is 2. The molecule has 0 spiro atoms. The fourth-order valence-electron chi connectivity index (χ4n) is 2.71. The smallest absolute Gasteiger partial charge is 0.333 e. The van der Waals surface area contributed by atoms with Crippen LogP contribution in [-0.2, 0) is 25.1 Å². The number of aryl methyl sites for hydroxylation is 1. The largest absolute Gasteiger partial charge is 0.488 e. The number of rotatable bonds is 10. The molecule has 0 aliphatic rings. The van der Waals surface area contributed by atoms with Gasteiger partial charge in [-0.1, -0.05) is 73.9 Å². The van der Waals surface area contributed by atoms with Gasteiger partial charge in [0, 0.05) is 4.90 Å². The minimum absolute atomic E-state index is 0.506. The minimum atomic E-state index is -1.39. The minimum Gasteiger partial charge on any atom is -0.488 e. The molecule has 2 aromatic rings. The van der Waals surface area contributed by atoms with Gasteiger partial charge in [0.25, 0.3) is 0 Å². The monoisotopic (exact) mass is 412 g/mol. The summed E-state index contributed by atoms with van der Waals surface area (Å²) in [6, 6.07) is 17.3. The van der Waals surface area contributed by atoms with E-state index < -0.39 is 22.9 Å². The van der Waals surface area contributed by atoms with Gasteiger partial charge < -0.3 is 9.47 Å². The summed E-state index contributed by atoms with van der Waals surface area (Å²) in [6.07, 6.45) is 6.79. The first-order valence-electron chi connectivity index (χ1n) is 9.70. The second-order valence-electron chi connectivity index (χ2n) is 6.58. The van der Waals surface area contributed by atoms with Crippen LogP contribution in [0.2, 0.25) is 0 Å². The van der Waals surface area contributed by atoms with Crippen molar-refractivity contribution >= 4 is 16.8 Å². The number of allylic oxidation sites excluding steroid dienone is 1. The van der Waals surface area contributed by atoms with Crippen LogP contribution in [0, 0.1) is 6.92 Å². The maximum atomic E-state index is 13.5. The van der Waals surface area contributed by atoms with Gasteiger partial charge in [-0.05, 0) is 31.0 Å². The molecule has 0 radical (unpaired) electrons. The highest BCUT2D eigenvalue weighted by molar-refractivity contribution is 7.89. The van der Waals surface area contributed by atoms with Crippen molar-refractivity contribution in [2.75, 3.05) is 7.11 Å². The Balaban J connectivity index is 2.43. The summed E-state index contributed by atoms with van der Waals surface area (Å²) in [6.45, 7) is 4.12. The van der Waals surface area contributed by atoms with Crippen molar-refractivity contribution in [2.24, 2.45) is 0 Å². The normalized spacial score (nSPS) is 13.8. The van der Waals surface area contributed by atoms with Crippen molar-refractivity contribution in [1.82, 2.24) is 0 Å².